The average molecular weight is 239 g/mol. The number of amides is 1. The topological polar surface area (TPSA) is 63.2 Å². The monoisotopic (exact) mass is 239 g/mol. The number of ketones is 1. The van der Waals surface area contributed by atoms with Crippen LogP contribution in [-0.2, 0) is 15.0 Å². The van der Waals surface area contributed by atoms with Crippen LogP contribution < -0.4 is 4.90 Å². The highest BCUT2D eigenvalue weighted by Crippen LogP contribution is 2.30. The smallest absolute Gasteiger partial charge is 0.236 e. The van der Waals surface area contributed by atoms with Gasteiger partial charge in [0.25, 0.3) is 0 Å². The van der Waals surface area contributed by atoms with Crippen LogP contribution >= 0.6 is 11.3 Å². The van der Waals surface area contributed by atoms with Gasteiger partial charge in [-0.1, -0.05) is 32.1 Å². The van der Waals surface area contributed by atoms with Crippen molar-refractivity contribution in [2.75, 3.05) is 11.4 Å². The van der Waals surface area contributed by atoms with Crippen LogP contribution in [0.5, 0.6) is 0 Å². The predicted molar refractivity (Wildman–Crippen MR) is 60.6 cm³/mol. The first-order valence-electron chi connectivity index (χ1n) is 5.04. The summed E-state index contributed by atoms with van der Waals surface area (Å²) in [6.07, 6.45) is -0.00949. The van der Waals surface area contributed by atoms with Crippen molar-refractivity contribution < 1.29 is 9.59 Å². The van der Waals surface area contributed by atoms with Crippen molar-refractivity contribution in [3.05, 3.63) is 5.01 Å². The van der Waals surface area contributed by atoms with Crippen LogP contribution in [0, 0.1) is 0 Å². The van der Waals surface area contributed by atoms with E-state index in [2.05, 4.69) is 10.2 Å². The molecule has 16 heavy (non-hydrogen) atoms. The third-order valence-electron chi connectivity index (χ3n) is 2.27. The van der Waals surface area contributed by atoms with E-state index in [1.807, 2.05) is 20.8 Å². The molecule has 1 aromatic heterocycles. The van der Waals surface area contributed by atoms with Crippen LogP contribution in [0.15, 0.2) is 0 Å². The fourth-order valence-corrected chi connectivity index (χ4v) is 2.31. The molecule has 0 N–H and O–H groups in total. The molecule has 86 valence electrons. The Kier molecular flexibility index (Phi) is 2.53. The molecule has 1 amide bonds. The molecule has 1 fully saturated rings. The highest BCUT2D eigenvalue weighted by Gasteiger charge is 2.32. The first-order chi connectivity index (χ1) is 7.38. The summed E-state index contributed by atoms with van der Waals surface area (Å²) >= 11 is 1.37. The highest BCUT2D eigenvalue weighted by atomic mass is 32.1. The molecule has 1 aliphatic heterocycles. The van der Waals surface area contributed by atoms with Gasteiger partial charge in [-0.05, 0) is 0 Å². The Bertz CT molecular complexity index is 447. The maximum atomic E-state index is 11.5. The van der Waals surface area contributed by atoms with E-state index in [1.54, 1.807) is 0 Å². The molecule has 1 aromatic rings. The number of Topliss-reactive ketones (excluding diaryl/α,β-unsaturated/α-hetero) is 1. The molecule has 2 heterocycles. The molecular weight excluding hydrogens is 226 g/mol. The Balaban J connectivity index is 2.26. The van der Waals surface area contributed by atoms with E-state index in [0.29, 0.717) is 5.13 Å². The van der Waals surface area contributed by atoms with Gasteiger partial charge in [-0.3, -0.25) is 14.5 Å². The number of hydrogen-bond donors (Lipinski definition) is 0. The lowest BCUT2D eigenvalue weighted by molar-refractivity contribution is -0.121. The second kappa shape index (κ2) is 3.62. The minimum absolute atomic E-state index is 0.00949. The van der Waals surface area contributed by atoms with E-state index in [4.69, 9.17) is 0 Å². The molecule has 0 aromatic carbocycles. The highest BCUT2D eigenvalue weighted by molar-refractivity contribution is 7.15. The van der Waals surface area contributed by atoms with Gasteiger partial charge in [0, 0.05) is 5.41 Å². The SMILES string of the molecule is CC(C)(C)c1nnc(N2CC(=O)CC2=O)s1. The molecule has 1 aliphatic rings. The first-order valence-corrected chi connectivity index (χ1v) is 5.85. The van der Waals surface area contributed by atoms with Crippen LogP contribution in [0.1, 0.15) is 32.2 Å². The van der Waals surface area contributed by atoms with Gasteiger partial charge in [0.1, 0.15) is 5.01 Å². The summed E-state index contributed by atoms with van der Waals surface area (Å²) in [5.74, 6) is -0.237. The zero-order valence-corrected chi connectivity index (χ0v) is 10.3. The third kappa shape index (κ3) is 1.97. The number of carbonyl (C=O) groups excluding carboxylic acids is 2. The normalized spacial score (nSPS) is 17.3. The van der Waals surface area contributed by atoms with Crippen molar-refractivity contribution in [2.45, 2.75) is 32.6 Å². The van der Waals surface area contributed by atoms with Crippen LogP contribution in [0.25, 0.3) is 0 Å². The molecule has 0 radical (unpaired) electrons. The minimum atomic E-state index is -0.179. The number of carbonyl (C=O) groups is 2. The van der Waals surface area contributed by atoms with E-state index in [-0.39, 0.29) is 30.1 Å². The maximum absolute atomic E-state index is 11.5. The Morgan fingerprint density at radius 1 is 1.25 bits per heavy atom. The van der Waals surface area contributed by atoms with E-state index in [9.17, 15) is 9.59 Å². The van der Waals surface area contributed by atoms with E-state index in [0.717, 1.165) is 5.01 Å². The van der Waals surface area contributed by atoms with Crippen molar-refractivity contribution in [2.24, 2.45) is 0 Å². The molecular formula is C10H13N3O2S. The molecule has 0 bridgehead atoms. The molecule has 1 saturated heterocycles. The second-order valence-electron chi connectivity index (χ2n) is 4.84. The standard InChI is InChI=1S/C10H13N3O2S/c1-10(2,3)8-11-12-9(16-8)13-5-6(14)4-7(13)15/h4-5H2,1-3H3. The minimum Gasteiger partial charge on any atom is -0.297 e. The summed E-state index contributed by atoms with van der Waals surface area (Å²) in [6, 6.07) is 0. The summed E-state index contributed by atoms with van der Waals surface area (Å²) in [6.45, 7) is 6.24. The van der Waals surface area contributed by atoms with Crippen LogP contribution in [0.4, 0.5) is 5.13 Å². The average Bonchev–Trinajstić information content (AvgIpc) is 2.70. The molecule has 0 atom stereocenters. The van der Waals surface area contributed by atoms with Crippen molar-refractivity contribution in [1.29, 1.82) is 0 Å². The Hall–Kier alpha value is -1.30. The van der Waals surface area contributed by atoms with Gasteiger partial charge in [0.05, 0.1) is 13.0 Å². The maximum Gasteiger partial charge on any atom is 0.236 e. The third-order valence-corrected chi connectivity index (χ3v) is 3.64. The largest absolute Gasteiger partial charge is 0.297 e. The lowest BCUT2D eigenvalue weighted by Crippen LogP contribution is -2.24. The molecule has 0 spiro atoms. The molecule has 0 aliphatic carbocycles. The summed E-state index contributed by atoms with van der Waals surface area (Å²) in [5.41, 5.74) is -0.0807. The lowest BCUT2D eigenvalue weighted by Gasteiger charge is -2.13. The van der Waals surface area contributed by atoms with Crippen LogP contribution in [0.2, 0.25) is 0 Å². The van der Waals surface area contributed by atoms with Crippen molar-refractivity contribution in [1.82, 2.24) is 10.2 Å². The van der Waals surface area contributed by atoms with Crippen molar-refractivity contribution in [3.8, 4) is 0 Å². The summed E-state index contributed by atoms with van der Waals surface area (Å²) < 4.78 is 0. The van der Waals surface area contributed by atoms with Crippen LogP contribution in [-0.4, -0.2) is 28.4 Å². The lowest BCUT2D eigenvalue weighted by atomic mass is 9.98. The number of aromatic nitrogens is 2. The van der Waals surface area contributed by atoms with Crippen LogP contribution in [0.3, 0.4) is 0 Å². The van der Waals surface area contributed by atoms with Crippen molar-refractivity contribution in [3.63, 3.8) is 0 Å². The number of nitrogens with zero attached hydrogens (tertiary/aromatic N) is 3. The van der Waals surface area contributed by atoms with Gasteiger partial charge in [-0.2, -0.15) is 0 Å². The first kappa shape index (κ1) is 11.2. The molecule has 5 nitrogen and oxygen atoms in total. The van der Waals surface area contributed by atoms with Gasteiger partial charge < -0.3 is 0 Å². The number of rotatable bonds is 1. The summed E-state index contributed by atoms with van der Waals surface area (Å²) in [7, 11) is 0. The van der Waals surface area contributed by atoms with Gasteiger partial charge in [-0.25, -0.2) is 0 Å². The number of anilines is 1. The molecule has 6 heteroatoms. The predicted octanol–water partition coefficient (Wildman–Crippen LogP) is 1.14. The summed E-state index contributed by atoms with van der Waals surface area (Å²) in [5, 5.41) is 9.42. The van der Waals surface area contributed by atoms with Crippen molar-refractivity contribution >= 4 is 28.2 Å². The van der Waals surface area contributed by atoms with E-state index < -0.39 is 0 Å². The Morgan fingerprint density at radius 2 is 1.94 bits per heavy atom. The van der Waals surface area contributed by atoms with E-state index >= 15 is 0 Å². The number of hydrogen-bond acceptors (Lipinski definition) is 5. The van der Waals surface area contributed by atoms with Gasteiger partial charge in [0.15, 0.2) is 5.78 Å². The Morgan fingerprint density at radius 3 is 2.38 bits per heavy atom. The second-order valence-corrected chi connectivity index (χ2v) is 5.79. The van der Waals surface area contributed by atoms with Gasteiger partial charge in [-0.15, -0.1) is 10.2 Å². The zero-order valence-electron chi connectivity index (χ0n) is 9.48. The molecule has 0 unspecified atom stereocenters. The summed E-state index contributed by atoms with van der Waals surface area (Å²) in [4.78, 5) is 24.0. The molecule has 0 saturated carbocycles. The Labute approximate surface area is 97.5 Å². The zero-order chi connectivity index (χ0) is 11.9. The van der Waals surface area contributed by atoms with Gasteiger partial charge >= 0.3 is 0 Å². The fraction of sp³-hybridized carbons (Fsp3) is 0.600. The van der Waals surface area contributed by atoms with Gasteiger partial charge in [0.2, 0.25) is 11.0 Å². The fourth-order valence-electron chi connectivity index (χ4n) is 1.39. The quantitative estimate of drug-likeness (QED) is 0.689. The molecule has 2 rings (SSSR count). The van der Waals surface area contributed by atoms with E-state index in [1.165, 1.54) is 16.2 Å².